The van der Waals surface area contributed by atoms with Crippen molar-refractivity contribution in [1.82, 2.24) is 4.57 Å². The Hall–Kier alpha value is -5.92. The maximum absolute atomic E-state index is 4.36. The van der Waals surface area contributed by atoms with Crippen LogP contribution >= 0.6 is 0 Å². The highest BCUT2D eigenvalue weighted by atomic mass is 15.0. The first kappa shape index (κ1) is 29.5. The first-order valence-corrected chi connectivity index (χ1v) is 16.6. The van der Waals surface area contributed by atoms with Gasteiger partial charge >= 0.3 is 0 Å². The molecular formula is C47H37N. The van der Waals surface area contributed by atoms with Gasteiger partial charge < -0.3 is 4.57 Å². The predicted octanol–water partition coefficient (Wildman–Crippen LogP) is 13.1. The van der Waals surface area contributed by atoms with E-state index in [2.05, 4.69) is 172 Å². The van der Waals surface area contributed by atoms with Crippen LogP contribution in [0.25, 0.3) is 83.8 Å². The van der Waals surface area contributed by atoms with Crippen molar-refractivity contribution >= 4 is 44.7 Å². The number of hydrogen-bond acceptors (Lipinski definition) is 0. The summed E-state index contributed by atoms with van der Waals surface area (Å²) in [5.74, 6) is 0. The molecule has 0 aliphatic heterocycles. The Morgan fingerprint density at radius 2 is 0.958 bits per heavy atom. The fourth-order valence-electron chi connectivity index (χ4n) is 7.90. The van der Waals surface area contributed by atoms with Crippen LogP contribution in [-0.2, 0) is 0 Å². The van der Waals surface area contributed by atoms with Crippen LogP contribution < -0.4 is 0 Å². The van der Waals surface area contributed by atoms with Crippen LogP contribution in [0.15, 0.2) is 147 Å². The zero-order valence-corrected chi connectivity index (χ0v) is 27.7. The van der Waals surface area contributed by atoms with Crippen molar-refractivity contribution in [2.24, 2.45) is 0 Å². The standard InChI is InChI=1S/C47H37N/c1-6-37-38(7-2)47(45-31(4)27-30(3)28-32(45)5)41-19-12-11-18-40(41)46(37)35-23-26-44-42(29-35)39-17-13-14-20-43(39)48(44)36-24-21-34(22-25-36)33-15-9-8-10-16-33/h6-29H,1-2H2,3-5H3. The van der Waals surface area contributed by atoms with Crippen LogP contribution in [0.3, 0.4) is 0 Å². The number of hydrogen-bond donors (Lipinski definition) is 0. The van der Waals surface area contributed by atoms with Crippen LogP contribution in [0.2, 0.25) is 0 Å². The van der Waals surface area contributed by atoms with Gasteiger partial charge in [0.25, 0.3) is 0 Å². The SMILES string of the molecule is C=Cc1c(C=C)c(-c2c(C)cc(C)cc2C)c2ccccc2c1-c1ccc2c(c1)c1ccccc1n2-c1ccc(-c2ccccc2)cc1. The third-order valence-electron chi connectivity index (χ3n) is 9.82. The van der Waals surface area contributed by atoms with Crippen LogP contribution in [0, 0.1) is 20.8 Å². The molecule has 1 nitrogen and oxygen atoms in total. The third kappa shape index (κ3) is 4.62. The normalized spacial score (nSPS) is 11.4. The van der Waals surface area contributed by atoms with Gasteiger partial charge in [0.05, 0.1) is 11.0 Å². The summed E-state index contributed by atoms with van der Waals surface area (Å²) in [7, 11) is 0. The van der Waals surface area contributed by atoms with Crippen molar-refractivity contribution in [2.45, 2.75) is 20.8 Å². The fourth-order valence-corrected chi connectivity index (χ4v) is 7.90. The van der Waals surface area contributed by atoms with Crippen molar-refractivity contribution < 1.29 is 0 Å². The fraction of sp³-hybridized carbons (Fsp3) is 0.0638. The van der Waals surface area contributed by atoms with Gasteiger partial charge in [0.2, 0.25) is 0 Å². The lowest BCUT2D eigenvalue weighted by Gasteiger charge is -2.22. The molecule has 0 unspecified atom stereocenters. The van der Waals surface area contributed by atoms with Crippen molar-refractivity contribution in [1.29, 1.82) is 0 Å². The number of aryl methyl sites for hydroxylation is 3. The van der Waals surface area contributed by atoms with Crippen LogP contribution in [0.4, 0.5) is 0 Å². The van der Waals surface area contributed by atoms with E-state index in [4.69, 9.17) is 0 Å². The van der Waals surface area contributed by atoms with Gasteiger partial charge in [-0.3, -0.25) is 0 Å². The Labute approximate surface area is 282 Å². The molecular weight excluding hydrogens is 579 g/mol. The first-order valence-electron chi connectivity index (χ1n) is 16.6. The molecule has 48 heavy (non-hydrogen) atoms. The number of rotatable bonds is 6. The molecule has 8 aromatic rings. The second kappa shape index (κ2) is 11.7. The summed E-state index contributed by atoms with van der Waals surface area (Å²) >= 11 is 0. The van der Waals surface area contributed by atoms with E-state index in [0.717, 1.165) is 16.8 Å². The highest BCUT2D eigenvalue weighted by Gasteiger charge is 2.22. The molecule has 230 valence electrons. The van der Waals surface area contributed by atoms with Gasteiger partial charge in [0.1, 0.15) is 0 Å². The Kier molecular flexibility index (Phi) is 7.19. The lowest BCUT2D eigenvalue weighted by atomic mass is 9.81. The smallest absolute Gasteiger partial charge is 0.0541 e. The van der Waals surface area contributed by atoms with E-state index in [1.807, 2.05) is 12.2 Å². The zero-order valence-electron chi connectivity index (χ0n) is 27.7. The number of nitrogens with zero attached hydrogens (tertiary/aromatic N) is 1. The summed E-state index contributed by atoms with van der Waals surface area (Å²) in [6.45, 7) is 15.3. The molecule has 7 aromatic carbocycles. The van der Waals surface area contributed by atoms with Crippen LogP contribution in [0.5, 0.6) is 0 Å². The molecule has 0 aliphatic rings. The molecule has 0 bridgehead atoms. The lowest BCUT2D eigenvalue weighted by Crippen LogP contribution is -1.99. The topological polar surface area (TPSA) is 4.93 Å². The number of aromatic nitrogens is 1. The third-order valence-corrected chi connectivity index (χ3v) is 9.82. The summed E-state index contributed by atoms with van der Waals surface area (Å²) < 4.78 is 2.39. The summed E-state index contributed by atoms with van der Waals surface area (Å²) in [6, 6.07) is 48.5. The summed E-state index contributed by atoms with van der Waals surface area (Å²) in [5, 5.41) is 4.90. The van der Waals surface area contributed by atoms with Gasteiger partial charge in [0, 0.05) is 16.5 Å². The zero-order chi connectivity index (χ0) is 32.9. The van der Waals surface area contributed by atoms with E-state index in [-0.39, 0.29) is 0 Å². The Morgan fingerprint density at radius 3 is 1.62 bits per heavy atom. The molecule has 0 radical (unpaired) electrons. The summed E-state index contributed by atoms with van der Waals surface area (Å²) in [5.41, 5.74) is 16.9. The molecule has 1 heteroatoms. The van der Waals surface area contributed by atoms with E-state index in [0.29, 0.717) is 0 Å². The highest BCUT2D eigenvalue weighted by molar-refractivity contribution is 6.15. The van der Waals surface area contributed by atoms with Crippen molar-refractivity contribution in [3.63, 3.8) is 0 Å². The largest absolute Gasteiger partial charge is 0.309 e. The molecule has 0 aliphatic carbocycles. The second-order valence-corrected chi connectivity index (χ2v) is 12.8. The molecule has 0 spiro atoms. The van der Waals surface area contributed by atoms with E-state index in [1.165, 1.54) is 82.6 Å². The van der Waals surface area contributed by atoms with Crippen molar-refractivity contribution in [2.75, 3.05) is 0 Å². The molecule has 1 aromatic heterocycles. The van der Waals surface area contributed by atoms with Gasteiger partial charge in [-0.2, -0.15) is 0 Å². The summed E-state index contributed by atoms with van der Waals surface area (Å²) in [6.07, 6.45) is 4.04. The molecule has 0 saturated carbocycles. The Balaban J connectivity index is 1.38. The highest BCUT2D eigenvalue weighted by Crippen LogP contribution is 2.46. The Bertz CT molecular complexity index is 2520. The van der Waals surface area contributed by atoms with Crippen LogP contribution in [-0.4, -0.2) is 4.57 Å². The van der Waals surface area contributed by atoms with E-state index >= 15 is 0 Å². The number of benzene rings is 7. The van der Waals surface area contributed by atoms with E-state index in [9.17, 15) is 0 Å². The van der Waals surface area contributed by atoms with E-state index < -0.39 is 0 Å². The molecule has 8 rings (SSSR count). The monoisotopic (exact) mass is 615 g/mol. The van der Waals surface area contributed by atoms with Gasteiger partial charge in [-0.25, -0.2) is 0 Å². The molecule has 0 amide bonds. The minimum absolute atomic E-state index is 1.11. The van der Waals surface area contributed by atoms with Gasteiger partial charge in [0.15, 0.2) is 0 Å². The molecule has 1 heterocycles. The average molecular weight is 616 g/mol. The minimum atomic E-state index is 1.11. The quantitative estimate of drug-likeness (QED) is 0.175. The van der Waals surface area contributed by atoms with Crippen molar-refractivity contribution in [3.8, 4) is 39.1 Å². The maximum atomic E-state index is 4.36. The molecule has 0 saturated heterocycles. The molecule has 0 N–H and O–H groups in total. The van der Waals surface area contributed by atoms with Gasteiger partial charge in [-0.15, -0.1) is 0 Å². The maximum Gasteiger partial charge on any atom is 0.0541 e. The molecule has 0 fully saturated rings. The van der Waals surface area contributed by atoms with Gasteiger partial charge in [-0.1, -0.05) is 134 Å². The average Bonchev–Trinajstić information content (AvgIpc) is 3.45. The Morgan fingerprint density at radius 1 is 0.438 bits per heavy atom. The first-order chi connectivity index (χ1) is 23.5. The van der Waals surface area contributed by atoms with Crippen LogP contribution in [0.1, 0.15) is 27.8 Å². The summed E-state index contributed by atoms with van der Waals surface area (Å²) in [4.78, 5) is 0. The van der Waals surface area contributed by atoms with Crippen molar-refractivity contribution in [3.05, 3.63) is 174 Å². The lowest BCUT2D eigenvalue weighted by molar-refractivity contribution is 1.18. The van der Waals surface area contributed by atoms with Gasteiger partial charge in [-0.05, 0) is 118 Å². The number of fused-ring (bicyclic) bond motifs is 4. The predicted molar refractivity (Wildman–Crippen MR) is 209 cm³/mol. The second-order valence-electron chi connectivity index (χ2n) is 12.8. The molecule has 0 atom stereocenters. The number of para-hydroxylation sites is 1. The van der Waals surface area contributed by atoms with E-state index in [1.54, 1.807) is 0 Å². The minimum Gasteiger partial charge on any atom is -0.309 e.